The lowest BCUT2D eigenvalue weighted by Crippen LogP contribution is -2.13. The molecule has 0 saturated heterocycles. The van der Waals surface area contributed by atoms with E-state index in [1.807, 2.05) is 0 Å². The molecule has 0 aromatic rings. The maximum absolute atomic E-state index is 4.39. The minimum absolute atomic E-state index is 0.0433. The van der Waals surface area contributed by atoms with E-state index in [-0.39, 0.29) is 5.41 Å². The number of allylic oxidation sites excluding steroid dienone is 7. The minimum atomic E-state index is 0.0433. The van der Waals surface area contributed by atoms with E-state index in [9.17, 15) is 0 Å². The van der Waals surface area contributed by atoms with Crippen molar-refractivity contribution in [2.24, 2.45) is 35.0 Å². The Labute approximate surface area is 215 Å². The van der Waals surface area contributed by atoms with Gasteiger partial charge in [-0.2, -0.15) is 0 Å². The summed E-state index contributed by atoms with van der Waals surface area (Å²) < 4.78 is 0. The summed E-state index contributed by atoms with van der Waals surface area (Å²) in [6, 6.07) is 0. The summed E-state index contributed by atoms with van der Waals surface area (Å²) in [4.78, 5) is 0. The lowest BCUT2D eigenvalue weighted by atomic mass is 9.79. The maximum atomic E-state index is 4.39. The molecule has 0 aliphatic heterocycles. The average molecular weight is 467 g/mol. The first-order valence-corrected chi connectivity index (χ1v) is 13.7. The highest BCUT2D eigenvalue weighted by atomic mass is 14.2. The molecule has 0 heterocycles. The van der Waals surface area contributed by atoms with Gasteiger partial charge in [0.2, 0.25) is 0 Å². The van der Waals surface area contributed by atoms with Crippen LogP contribution in [-0.2, 0) is 0 Å². The first kappa shape index (κ1) is 32.4. The fourth-order valence-corrected chi connectivity index (χ4v) is 3.97. The normalized spacial score (nSPS) is 17.9. The summed E-state index contributed by atoms with van der Waals surface area (Å²) in [5.41, 5.74) is 5.37. The molecule has 4 unspecified atom stereocenters. The molecule has 0 aromatic carbocycles. The molecule has 0 spiro atoms. The van der Waals surface area contributed by atoms with Crippen molar-refractivity contribution in [3.05, 3.63) is 73.4 Å². The van der Waals surface area contributed by atoms with Crippen LogP contribution in [0.5, 0.6) is 0 Å². The van der Waals surface area contributed by atoms with Crippen LogP contribution in [0.4, 0.5) is 0 Å². The average Bonchev–Trinajstić information content (AvgIpc) is 2.80. The van der Waals surface area contributed by atoms with Gasteiger partial charge in [0.1, 0.15) is 0 Å². The van der Waals surface area contributed by atoms with Crippen molar-refractivity contribution in [1.82, 2.24) is 0 Å². The van der Waals surface area contributed by atoms with Crippen LogP contribution in [0.3, 0.4) is 0 Å². The van der Waals surface area contributed by atoms with Gasteiger partial charge in [0.25, 0.3) is 0 Å². The van der Waals surface area contributed by atoms with Gasteiger partial charge in [-0.25, -0.2) is 0 Å². The summed E-state index contributed by atoms with van der Waals surface area (Å²) in [7, 11) is 0. The molecule has 0 radical (unpaired) electrons. The molecule has 0 amide bonds. The molecule has 6 atom stereocenters. The molecule has 34 heavy (non-hydrogen) atoms. The molecule has 0 rings (SSSR count). The lowest BCUT2D eigenvalue weighted by Gasteiger charge is -2.25. The van der Waals surface area contributed by atoms with E-state index in [4.69, 9.17) is 0 Å². The van der Waals surface area contributed by atoms with Crippen LogP contribution in [-0.4, -0.2) is 0 Å². The van der Waals surface area contributed by atoms with Gasteiger partial charge < -0.3 is 0 Å². The van der Waals surface area contributed by atoms with E-state index in [1.165, 1.54) is 41.6 Å². The number of hydrogen-bond acceptors (Lipinski definition) is 0. The van der Waals surface area contributed by atoms with Gasteiger partial charge in [0, 0.05) is 5.41 Å². The van der Waals surface area contributed by atoms with E-state index in [2.05, 4.69) is 107 Å². The monoisotopic (exact) mass is 466 g/mol. The standard InChI is InChI=1S/C34H58/c1-14-34(13,24-22-33(12)32(11)20-18-29(8)26(4)5)23-21-27(6)15-16-30(9)31(10)19-17-28(7)25(2)3/h14,21,23,27-30,33H,1-2,4,10-11,15-20,22,24H2,3,5-9,12-13H3/b23-21+/t27-,28?,29?,30?,33?,34+/m1/s1. The highest BCUT2D eigenvalue weighted by molar-refractivity contribution is 5.10. The van der Waals surface area contributed by atoms with Gasteiger partial charge in [0.15, 0.2) is 0 Å². The largest absolute Gasteiger partial charge is 0.102 e. The van der Waals surface area contributed by atoms with Crippen molar-refractivity contribution in [1.29, 1.82) is 0 Å². The molecular formula is C34H58. The quantitative estimate of drug-likeness (QED) is 0.166. The van der Waals surface area contributed by atoms with Crippen molar-refractivity contribution in [2.75, 3.05) is 0 Å². The fourth-order valence-electron chi connectivity index (χ4n) is 3.97. The van der Waals surface area contributed by atoms with Crippen molar-refractivity contribution in [2.45, 2.75) is 107 Å². The Morgan fingerprint density at radius 1 is 0.676 bits per heavy atom. The molecule has 0 fully saturated rings. The van der Waals surface area contributed by atoms with E-state index in [1.54, 1.807) is 0 Å². The van der Waals surface area contributed by atoms with Gasteiger partial charge >= 0.3 is 0 Å². The molecule has 0 aromatic heterocycles. The zero-order valence-electron chi connectivity index (χ0n) is 24.3. The lowest BCUT2D eigenvalue weighted by molar-refractivity contribution is 0.423. The first-order chi connectivity index (χ1) is 15.7. The molecular weight excluding hydrogens is 408 g/mol. The van der Waals surface area contributed by atoms with Gasteiger partial charge in [-0.05, 0) is 94.8 Å². The first-order valence-electron chi connectivity index (χ1n) is 13.7. The zero-order valence-corrected chi connectivity index (χ0v) is 24.3. The van der Waals surface area contributed by atoms with Gasteiger partial charge in [0.05, 0.1) is 0 Å². The van der Waals surface area contributed by atoms with Crippen LogP contribution in [0, 0.1) is 35.0 Å². The highest BCUT2D eigenvalue weighted by Gasteiger charge is 2.20. The summed E-state index contributed by atoms with van der Waals surface area (Å²) >= 11 is 0. The SMILES string of the molecule is C=C[C@@](C)(/C=C/[C@H](C)CCC(C)C(=C)CCC(C)C(=C)C)CCC(C)C(=C)CCC(C)C(=C)C. The van der Waals surface area contributed by atoms with Crippen LogP contribution >= 0.6 is 0 Å². The third-order valence-corrected chi connectivity index (χ3v) is 8.32. The van der Waals surface area contributed by atoms with E-state index in [0.717, 1.165) is 32.1 Å². The number of rotatable bonds is 19. The van der Waals surface area contributed by atoms with Crippen molar-refractivity contribution < 1.29 is 0 Å². The van der Waals surface area contributed by atoms with Crippen LogP contribution in [0.2, 0.25) is 0 Å². The Morgan fingerprint density at radius 2 is 1.12 bits per heavy atom. The summed E-state index contributed by atoms with van der Waals surface area (Å²) in [5.74, 6) is 2.86. The third kappa shape index (κ3) is 13.4. The fraction of sp³-hybridized carbons (Fsp3) is 0.647. The summed E-state index contributed by atoms with van der Waals surface area (Å²) in [5, 5.41) is 0. The van der Waals surface area contributed by atoms with Crippen molar-refractivity contribution in [3.8, 4) is 0 Å². The Bertz CT molecular complexity index is 702. The highest BCUT2D eigenvalue weighted by Crippen LogP contribution is 2.33. The summed E-state index contributed by atoms with van der Waals surface area (Å²) in [6.07, 6.45) is 16.2. The Balaban J connectivity index is 4.58. The predicted octanol–water partition coefficient (Wildman–Crippen LogP) is 11.3. The Kier molecular flexibility index (Phi) is 15.4. The minimum Gasteiger partial charge on any atom is -0.102 e. The molecule has 0 aliphatic carbocycles. The van der Waals surface area contributed by atoms with E-state index >= 15 is 0 Å². The van der Waals surface area contributed by atoms with Gasteiger partial charge in [-0.3, -0.25) is 0 Å². The molecule has 194 valence electrons. The molecule has 0 N–H and O–H groups in total. The Hall–Kier alpha value is -1.56. The predicted molar refractivity (Wildman–Crippen MR) is 158 cm³/mol. The Morgan fingerprint density at radius 3 is 1.53 bits per heavy atom. The van der Waals surface area contributed by atoms with E-state index in [0.29, 0.717) is 29.6 Å². The van der Waals surface area contributed by atoms with Crippen LogP contribution in [0.25, 0.3) is 0 Å². The maximum Gasteiger partial charge on any atom is 0.00303 e. The molecule has 0 bridgehead atoms. The second-order valence-corrected chi connectivity index (χ2v) is 11.9. The topological polar surface area (TPSA) is 0 Å². The molecule has 0 aliphatic rings. The molecule has 0 saturated carbocycles. The van der Waals surface area contributed by atoms with E-state index < -0.39 is 0 Å². The third-order valence-electron chi connectivity index (χ3n) is 8.32. The second-order valence-electron chi connectivity index (χ2n) is 11.9. The van der Waals surface area contributed by atoms with Crippen LogP contribution in [0.15, 0.2) is 73.4 Å². The van der Waals surface area contributed by atoms with Crippen LogP contribution < -0.4 is 0 Å². The van der Waals surface area contributed by atoms with Crippen LogP contribution in [0.1, 0.15) is 107 Å². The molecule has 0 heteroatoms. The van der Waals surface area contributed by atoms with Gasteiger partial charge in [-0.15, -0.1) is 6.58 Å². The number of hydrogen-bond donors (Lipinski definition) is 0. The van der Waals surface area contributed by atoms with Crippen molar-refractivity contribution >= 4 is 0 Å². The smallest absolute Gasteiger partial charge is 0.00303 e. The zero-order chi connectivity index (χ0) is 26.5. The second kappa shape index (κ2) is 16.2. The van der Waals surface area contributed by atoms with Gasteiger partial charge in [-0.1, -0.05) is 108 Å². The summed E-state index contributed by atoms with van der Waals surface area (Å²) in [6.45, 7) is 39.2. The molecule has 0 nitrogen and oxygen atoms in total. The van der Waals surface area contributed by atoms with Crippen molar-refractivity contribution in [3.63, 3.8) is 0 Å².